The largest absolute Gasteiger partial charge is 0.443 e. The van der Waals surface area contributed by atoms with Crippen molar-refractivity contribution in [1.82, 2.24) is 4.90 Å². The molecule has 1 saturated carbocycles. The summed E-state index contributed by atoms with van der Waals surface area (Å²) in [4.78, 5) is 25.4. The second-order valence-corrected chi connectivity index (χ2v) is 6.26. The standard InChI is InChI=1S/C17H20FNO3/c1-12(13-2-4-14(18)5-3-13)19-11-10-17(22-16(19)21)8-6-15(20)7-9-17/h2-5,12H,6-11H2,1H3/t12-/m0/s1. The van der Waals surface area contributed by atoms with Gasteiger partial charge in [0, 0.05) is 25.8 Å². The Hall–Kier alpha value is -1.91. The number of amides is 1. The molecule has 1 saturated heterocycles. The van der Waals surface area contributed by atoms with Gasteiger partial charge in [0.25, 0.3) is 0 Å². The van der Waals surface area contributed by atoms with E-state index in [1.165, 1.54) is 12.1 Å². The van der Waals surface area contributed by atoms with Crippen LogP contribution in [0.4, 0.5) is 9.18 Å². The molecule has 1 amide bonds. The Kier molecular flexibility index (Phi) is 3.89. The summed E-state index contributed by atoms with van der Waals surface area (Å²) in [5, 5.41) is 0. The first-order valence-corrected chi connectivity index (χ1v) is 7.76. The van der Waals surface area contributed by atoms with Gasteiger partial charge in [0.1, 0.15) is 17.2 Å². The fourth-order valence-electron chi connectivity index (χ4n) is 3.32. The van der Waals surface area contributed by atoms with Crippen LogP contribution in [0.5, 0.6) is 0 Å². The smallest absolute Gasteiger partial charge is 0.410 e. The van der Waals surface area contributed by atoms with Gasteiger partial charge >= 0.3 is 6.09 Å². The van der Waals surface area contributed by atoms with Crippen molar-refractivity contribution in [2.75, 3.05) is 6.54 Å². The zero-order valence-corrected chi connectivity index (χ0v) is 12.7. The molecule has 1 aromatic carbocycles. The van der Waals surface area contributed by atoms with Gasteiger partial charge in [0.2, 0.25) is 0 Å². The Morgan fingerprint density at radius 1 is 1.14 bits per heavy atom. The van der Waals surface area contributed by atoms with E-state index in [4.69, 9.17) is 4.74 Å². The van der Waals surface area contributed by atoms with Gasteiger partial charge in [-0.05, 0) is 37.5 Å². The number of hydrogen-bond donors (Lipinski definition) is 0. The van der Waals surface area contributed by atoms with Gasteiger partial charge in [-0.15, -0.1) is 0 Å². The fourth-order valence-corrected chi connectivity index (χ4v) is 3.32. The van der Waals surface area contributed by atoms with Crippen molar-refractivity contribution in [2.45, 2.75) is 50.7 Å². The van der Waals surface area contributed by atoms with Crippen LogP contribution in [0.3, 0.4) is 0 Å². The van der Waals surface area contributed by atoms with Crippen LogP contribution in [0.2, 0.25) is 0 Å². The average Bonchev–Trinajstić information content (AvgIpc) is 2.51. The average molecular weight is 305 g/mol. The third-order valence-corrected chi connectivity index (χ3v) is 4.89. The first-order chi connectivity index (χ1) is 10.5. The van der Waals surface area contributed by atoms with Crippen molar-refractivity contribution in [2.24, 2.45) is 0 Å². The molecule has 1 spiro atoms. The van der Waals surface area contributed by atoms with E-state index in [1.54, 1.807) is 17.0 Å². The maximum atomic E-state index is 13.0. The molecule has 0 unspecified atom stereocenters. The zero-order chi connectivity index (χ0) is 15.7. The third kappa shape index (κ3) is 2.85. The quantitative estimate of drug-likeness (QED) is 0.838. The van der Waals surface area contributed by atoms with E-state index in [-0.39, 0.29) is 23.7 Å². The fraction of sp³-hybridized carbons (Fsp3) is 0.529. The van der Waals surface area contributed by atoms with E-state index in [9.17, 15) is 14.0 Å². The molecule has 22 heavy (non-hydrogen) atoms. The predicted octanol–water partition coefficient (Wildman–Crippen LogP) is 3.61. The molecule has 1 aliphatic heterocycles. The summed E-state index contributed by atoms with van der Waals surface area (Å²) in [7, 11) is 0. The molecule has 0 N–H and O–H groups in total. The lowest BCUT2D eigenvalue weighted by atomic mass is 9.80. The minimum atomic E-state index is -0.454. The Balaban J connectivity index is 1.69. The number of Topliss-reactive ketones (excluding diaryl/α,β-unsaturated/α-hetero) is 1. The number of hydrogen-bond acceptors (Lipinski definition) is 3. The first kappa shape index (κ1) is 15.0. The number of ether oxygens (including phenoxy) is 1. The minimum absolute atomic E-state index is 0.157. The Bertz CT molecular complexity index is 574. The summed E-state index contributed by atoms with van der Waals surface area (Å²) in [6.07, 6.45) is 2.68. The second kappa shape index (κ2) is 5.71. The molecule has 2 fully saturated rings. The van der Waals surface area contributed by atoms with E-state index in [1.807, 2.05) is 6.92 Å². The monoisotopic (exact) mass is 305 g/mol. The molecule has 118 valence electrons. The van der Waals surface area contributed by atoms with Crippen LogP contribution < -0.4 is 0 Å². The Morgan fingerprint density at radius 2 is 1.77 bits per heavy atom. The first-order valence-electron chi connectivity index (χ1n) is 7.76. The van der Waals surface area contributed by atoms with Crippen molar-refractivity contribution in [1.29, 1.82) is 0 Å². The molecule has 0 radical (unpaired) electrons. The molecule has 1 heterocycles. The van der Waals surface area contributed by atoms with E-state index in [0.29, 0.717) is 32.2 Å². The number of rotatable bonds is 2. The number of benzene rings is 1. The maximum Gasteiger partial charge on any atom is 0.410 e. The lowest BCUT2D eigenvalue weighted by Crippen LogP contribution is -2.51. The highest BCUT2D eigenvalue weighted by molar-refractivity contribution is 5.80. The molecule has 2 aliphatic rings. The topological polar surface area (TPSA) is 46.6 Å². The van der Waals surface area contributed by atoms with Gasteiger partial charge in [-0.25, -0.2) is 9.18 Å². The summed E-state index contributed by atoms with van der Waals surface area (Å²) >= 11 is 0. The molecule has 0 aromatic heterocycles. The van der Waals surface area contributed by atoms with Crippen LogP contribution >= 0.6 is 0 Å². The van der Waals surface area contributed by atoms with Crippen molar-refractivity contribution in [3.63, 3.8) is 0 Å². The molecular formula is C17H20FNO3. The van der Waals surface area contributed by atoms with Gasteiger partial charge < -0.3 is 9.64 Å². The van der Waals surface area contributed by atoms with Crippen LogP contribution in [0.1, 0.15) is 50.6 Å². The lowest BCUT2D eigenvalue weighted by Gasteiger charge is -2.44. The van der Waals surface area contributed by atoms with E-state index in [0.717, 1.165) is 12.0 Å². The second-order valence-electron chi connectivity index (χ2n) is 6.26. The van der Waals surface area contributed by atoms with Gasteiger partial charge in [0.05, 0.1) is 6.04 Å². The SMILES string of the molecule is C[C@@H](c1ccc(F)cc1)N1CCC2(CCC(=O)CC2)OC1=O. The van der Waals surface area contributed by atoms with Gasteiger partial charge in [-0.2, -0.15) is 0 Å². The molecule has 1 aromatic rings. The van der Waals surface area contributed by atoms with E-state index < -0.39 is 5.60 Å². The highest BCUT2D eigenvalue weighted by atomic mass is 19.1. The molecule has 5 heteroatoms. The molecular weight excluding hydrogens is 285 g/mol. The van der Waals surface area contributed by atoms with Crippen LogP contribution in [-0.4, -0.2) is 28.9 Å². The number of carbonyl (C=O) groups excluding carboxylic acids is 2. The molecule has 1 aliphatic carbocycles. The van der Waals surface area contributed by atoms with Gasteiger partial charge in [-0.3, -0.25) is 4.79 Å². The lowest BCUT2D eigenvalue weighted by molar-refractivity contribution is -0.129. The Morgan fingerprint density at radius 3 is 2.36 bits per heavy atom. The van der Waals surface area contributed by atoms with Crippen molar-refractivity contribution in [3.8, 4) is 0 Å². The van der Waals surface area contributed by atoms with Crippen LogP contribution in [-0.2, 0) is 9.53 Å². The molecule has 3 rings (SSSR count). The number of ketones is 1. The summed E-state index contributed by atoms with van der Waals surface area (Å²) in [6.45, 7) is 2.52. The summed E-state index contributed by atoms with van der Waals surface area (Å²) in [5.41, 5.74) is 0.428. The third-order valence-electron chi connectivity index (χ3n) is 4.89. The van der Waals surface area contributed by atoms with Crippen LogP contribution in [0.25, 0.3) is 0 Å². The summed E-state index contributed by atoms with van der Waals surface area (Å²) in [6, 6.07) is 6.02. The molecule has 4 nitrogen and oxygen atoms in total. The van der Waals surface area contributed by atoms with Crippen molar-refractivity contribution in [3.05, 3.63) is 35.6 Å². The predicted molar refractivity (Wildman–Crippen MR) is 78.8 cm³/mol. The molecule has 1 atom stereocenters. The maximum absolute atomic E-state index is 13.0. The Labute approximate surface area is 129 Å². The number of halogens is 1. The van der Waals surface area contributed by atoms with E-state index in [2.05, 4.69) is 0 Å². The summed E-state index contributed by atoms with van der Waals surface area (Å²) in [5.74, 6) is -0.0354. The zero-order valence-electron chi connectivity index (χ0n) is 12.7. The van der Waals surface area contributed by atoms with Crippen molar-refractivity contribution < 1.29 is 18.7 Å². The van der Waals surface area contributed by atoms with Gasteiger partial charge in [-0.1, -0.05) is 12.1 Å². The van der Waals surface area contributed by atoms with Gasteiger partial charge in [0.15, 0.2) is 0 Å². The normalized spacial score (nSPS) is 22.5. The van der Waals surface area contributed by atoms with Crippen LogP contribution in [0.15, 0.2) is 24.3 Å². The highest BCUT2D eigenvalue weighted by Gasteiger charge is 2.44. The number of nitrogens with zero attached hydrogens (tertiary/aromatic N) is 1. The van der Waals surface area contributed by atoms with Crippen molar-refractivity contribution >= 4 is 11.9 Å². The number of carbonyl (C=O) groups is 2. The van der Waals surface area contributed by atoms with Crippen LogP contribution in [0, 0.1) is 5.82 Å². The summed E-state index contributed by atoms with van der Waals surface area (Å²) < 4.78 is 18.7. The van der Waals surface area contributed by atoms with E-state index >= 15 is 0 Å². The minimum Gasteiger partial charge on any atom is -0.443 e. The highest BCUT2D eigenvalue weighted by Crippen LogP contribution is 2.38. The molecule has 0 bridgehead atoms.